The minimum Gasteiger partial charge on any atom is -0.366 e. The molecule has 0 atom stereocenters. The molecule has 2 rings (SSSR count). The van der Waals surface area contributed by atoms with Crippen LogP contribution in [0.1, 0.15) is 37.8 Å². The molecule has 0 radical (unpaired) electrons. The van der Waals surface area contributed by atoms with E-state index in [-0.39, 0.29) is 0 Å². The summed E-state index contributed by atoms with van der Waals surface area (Å²) in [6.45, 7) is 8.92. The smallest absolute Gasteiger partial charge is 0.267 e. The van der Waals surface area contributed by atoms with Gasteiger partial charge in [-0.1, -0.05) is 23.8 Å². The first-order chi connectivity index (χ1) is 14.4. The summed E-state index contributed by atoms with van der Waals surface area (Å²) in [5.74, 6) is -0.533. The summed E-state index contributed by atoms with van der Waals surface area (Å²) in [5, 5.41) is 12.3. The summed E-state index contributed by atoms with van der Waals surface area (Å²) >= 11 is 0. The van der Waals surface area contributed by atoms with Crippen molar-refractivity contribution in [3.63, 3.8) is 0 Å². The van der Waals surface area contributed by atoms with Gasteiger partial charge in [0.05, 0.1) is 0 Å². The second-order valence-electron chi connectivity index (χ2n) is 7.98. The molecule has 0 aliphatic carbocycles. The van der Waals surface area contributed by atoms with Crippen molar-refractivity contribution in [3.05, 3.63) is 53.1 Å². The van der Waals surface area contributed by atoms with E-state index in [1.165, 1.54) is 28.5 Å². The van der Waals surface area contributed by atoms with Crippen molar-refractivity contribution in [1.29, 1.82) is 0 Å². The van der Waals surface area contributed by atoms with Crippen LogP contribution in [0.5, 0.6) is 0 Å². The average molecular weight is 413 g/mol. The maximum absolute atomic E-state index is 11.3. The zero-order valence-electron chi connectivity index (χ0n) is 18.7. The molecule has 3 N–H and O–H groups in total. The fourth-order valence-corrected chi connectivity index (χ4v) is 3.39. The van der Waals surface area contributed by atoms with E-state index in [1.807, 2.05) is 6.07 Å². The van der Waals surface area contributed by atoms with Crippen LogP contribution >= 0.6 is 0 Å². The number of hydrogen-bond donors (Lipinski definition) is 3. The summed E-state index contributed by atoms with van der Waals surface area (Å²) in [6.07, 6.45) is 9.78. The number of anilines is 1. The highest BCUT2D eigenvalue weighted by Gasteiger charge is 2.19. The molecule has 1 aliphatic rings. The summed E-state index contributed by atoms with van der Waals surface area (Å²) < 4.78 is 0. The molecule has 0 spiro atoms. The Morgan fingerprint density at radius 2 is 2.13 bits per heavy atom. The summed E-state index contributed by atoms with van der Waals surface area (Å²) in [6, 6.07) is 6.26. The Balaban J connectivity index is 2.13. The summed E-state index contributed by atoms with van der Waals surface area (Å²) in [4.78, 5) is 15.9. The standard InChI is InChI=1S/C24H36N4O2/c1-5-19(2)7-6-13-25-18-21-12-14-28(16-15-27(3)4)23-10-8-20(17-22(21)23)9-11-24(29)26-30/h5,8-12,17,25,30H,6-7,13-16,18H2,1-4H3,(H,26,29)/b11-9+,19-5+. The third-order valence-electron chi connectivity index (χ3n) is 5.35. The summed E-state index contributed by atoms with van der Waals surface area (Å²) in [5.41, 5.74) is 7.70. The molecule has 0 saturated heterocycles. The molecule has 0 saturated carbocycles. The maximum atomic E-state index is 11.3. The van der Waals surface area contributed by atoms with Crippen molar-refractivity contribution in [2.75, 3.05) is 51.7 Å². The molecular weight excluding hydrogens is 376 g/mol. The number of fused-ring (bicyclic) bond motifs is 1. The van der Waals surface area contributed by atoms with Crippen molar-refractivity contribution in [1.82, 2.24) is 15.7 Å². The molecular formula is C24H36N4O2. The number of carbonyl (C=O) groups is 1. The van der Waals surface area contributed by atoms with Gasteiger partial charge in [0.2, 0.25) is 0 Å². The van der Waals surface area contributed by atoms with Crippen LogP contribution in [0.2, 0.25) is 0 Å². The number of nitrogens with one attached hydrogen (secondary N) is 2. The van der Waals surface area contributed by atoms with Crippen LogP contribution in [0.3, 0.4) is 0 Å². The minimum atomic E-state index is -0.533. The second kappa shape index (κ2) is 12.3. The van der Waals surface area contributed by atoms with E-state index in [0.29, 0.717) is 0 Å². The molecule has 1 aliphatic heterocycles. The molecule has 1 aromatic carbocycles. The van der Waals surface area contributed by atoms with Gasteiger partial charge in [0, 0.05) is 43.5 Å². The Bertz CT molecular complexity index is 796. The lowest BCUT2D eigenvalue weighted by Crippen LogP contribution is -2.35. The zero-order valence-corrected chi connectivity index (χ0v) is 18.7. The van der Waals surface area contributed by atoms with Gasteiger partial charge in [0.1, 0.15) is 0 Å². The first kappa shape index (κ1) is 23.9. The van der Waals surface area contributed by atoms with Gasteiger partial charge in [-0.2, -0.15) is 0 Å². The van der Waals surface area contributed by atoms with Crippen LogP contribution in [0.25, 0.3) is 11.6 Å². The third kappa shape index (κ3) is 7.44. The molecule has 30 heavy (non-hydrogen) atoms. The van der Waals surface area contributed by atoms with Gasteiger partial charge in [0.15, 0.2) is 0 Å². The highest BCUT2D eigenvalue weighted by atomic mass is 16.5. The Labute approximate surface area is 180 Å². The fourth-order valence-electron chi connectivity index (χ4n) is 3.39. The Morgan fingerprint density at radius 1 is 1.33 bits per heavy atom. The van der Waals surface area contributed by atoms with Crippen molar-refractivity contribution in [2.24, 2.45) is 0 Å². The highest BCUT2D eigenvalue weighted by molar-refractivity contribution is 5.91. The average Bonchev–Trinajstić information content (AvgIpc) is 2.75. The van der Waals surface area contributed by atoms with Gasteiger partial charge < -0.3 is 15.1 Å². The van der Waals surface area contributed by atoms with Crippen molar-refractivity contribution in [3.8, 4) is 0 Å². The zero-order chi connectivity index (χ0) is 21.9. The fraction of sp³-hybridized carbons (Fsp3) is 0.458. The van der Waals surface area contributed by atoms with E-state index in [1.54, 1.807) is 11.6 Å². The minimum absolute atomic E-state index is 0.533. The Morgan fingerprint density at radius 3 is 2.83 bits per heavy atom. The predicted molar refractivity (Wildman–Crippen MR) is 126 cm³/mol. The lowest BCUT2D eigenvalue weighted by Gasteiger charge is -2.32. The van der Waals surface area contributed by atoms with E-state index in [2.05, 4.69) is 67.3 Å². The van der Waals surface area contributed by atoms with Crippen LogP contribution in [-0.4, -0.2) is 62.8 Å². The number of hydrogen-bond acceptors (Lipinski definition) is 5. The van der Waals surface area contributed by atoms with Gasteiger partial charge in [0.25, 0.3) is 5.91 Å². The van der Waals surface area contributed by atoms with Crippen LogP contribution in [0, 0.1) is 0 Å². The van der Waals surface area contributed by atoms with E-state index in [4.69, 9.17) is 5.21 Å². The Hall–Kier alpha value is -2.41. The second-order valence-corrected chi connectivity index (χ2v) is 7.98. The number of hydroxylamine groups is 1. The topological polar surface area (TPSA) is 67.8 Å². The number of amides is 1. The van der Waals surface area contributed by atoms with Crippen LogP contribution in [0.4, 0.5) is 5.69 Å². The molecule has 0 bridgehead atoms. The molecule has 0 unspecified atom stereocenters. The van der Waals surface area contributed by atoms with E-state index in [0.717, 1.165) is 51.1 Å². The van der Waals surface area contributed by atoms with Gasteiger partial charge in [-0.15, -0.1) is 0 Å². The van der Waals surface area contributed by atoms with Gasteiger partial charge in [-0.3, -0.25) is 10.0 Å². The number of carbonyl (C=O) groups excluding carboxylic acids is 1. The molecule has 1 aromatic rings. The SMILES string of the molecule is C/C=C(\C)CCCNCC1=CCN(CCN(C)C)c2ccc(/C=C/C(=O)NO)cc21. The summed E-state index contributed by atoms with van der Waals surface area (Å²) in [7, 11) is 4.18. The molecule has 6 nitrogen and oxygen atoms in total. The van der Waals surface area contributed by atoms with Crippen LogP contribution in [-0.2, 0) is 4.79 Å². The predicted octanol–water partition coefficient (Wildman–Crippen LogP) is 3.31. The normalized spacial score (nSPS) is 14.3. The van der Waals surface area contributed by atoms with Gasteiger partial charge >= 0.3 is 0 Å². The van der Waals surface area contributed by atoms with E-state index < -0.39 is 5.91 Å². The molecule has 0 fully saturated rings. The third-order valence-corrected chi connectivity index (χ3v) is 5.35. The van der Waals surface area contributed by atoms with Crippen molar-refractivity contribution < 1.29 is 10.0 Å². The molecule has 164 valence electrons. The van der Waals surface area contributed by atoms with Crippen molar-refractivity contribution >= 4 is 23.2 Å². The highest BCUT2D eigenvalue weighted by Crippen LogP contribution is 2.32. The lowest BCUT2D eigenvalue weighted by molar-refractivity contribution is -0.124. The largest absolute Gasteiger partial charge is 0.366 e. The van der Waals surface area contributed by atoms with Gasteiger partial charge in [-0.05, 0) is 76.7 Å². The number of likely N-dealkylation sites (N-methyl/N-ethyl adjacent to an activating group) is 1. The van der Waals surface area contributed by atoms with Crippen LogP contribution in [0.15, 0.2) is 42.0 Å². The first-order valence-electron chi connectivity index (χ1n) is 10.6. The quantitative estimate of drug-likeness (QED) is 0.171. The number of benzene rings is 1. The van der Waals surface area contributed by atoms with E-state index in [9.17, 15) is 4.79 Å². The van der Waals surface area contributed by atoms with E-state index >= 15 is 0 Å². The number of rotatable bonds is 11. The maximum Gasteiger partial charge on any atom is 0.267 e. The monoisotopic (exact) mass is 412 g/mol. The number of nitrogens with zero attached hydrogens (tertiary/aromatic N) is 2. The van der Waals surface area contributed by atoms with Gasteiger partial charge in [-0.25, -0.2) is 5.48 Å². The molecule has 0 aromatic heterocycles. The Kier molecular flexibility index (Phi) is 9.80. The first-order valence-corrected chi connectivity index (χ1v) is 10.6. The molecule has 6 heteroatoms. The molecule has 1 amide bonds. The lowest BCUT2D eigenvalue weighted by atomic mass is 9.96. The van der Waals surface area contributed by atoms with Crippen LogP contribution < -0.4 is 15.7 Å². The van der Waals surface area contributed by atoms with Crippen molar-refractivity contribution in [2.45, 2.75) is 26.7 Å². The molecule has 1 heterocycles. The number of allylic oxidation sites excluding steroid dienone is 2.